The molecule has 0 aromatic rings. The Kier molecular flexibility index (Phi) is 3.57. The Morgan fingerprint density at radius 3 is 2.64 bits per heavy atom. The summed E-state index contributed by atoms with van der Waals surface area (Å²) in [7, 11) is 1.31. The highest BCUT2D eigenvalue weighted by Crippen LogP contribution is 2.51. The van der Waals surface area contributed by atoms with Gasteiger partial charge in [-0.3, -0.25) is 9.59 Å². The molecule has 0 radical (unpaired) electrons. The summed E-state index contributed by atoms with van der Waals surface area (Å²) in [5, 5.41) is 0. The molecule has 3 rings (SSSR count). The number of hydrogen-bond acceptors (Lipinski definition) is 6. The number of hydrogen-bond donors (Lipinski definition) is 0. The van der Waals surface area contributed by atoms with Gasteiger partial charge in [0.05, 0.1) is 20.3 Å². The quantitative estimate of drug-likeness (QED) is 0.438. The number of fused-ring (bicyclic) bond motifs is 1. The molecule has 2 aliphatic heterocycles. The molecular formula is C16H22O6. The fourth-order valence-electron chi connectivity index (χ4n) is 3.88. The van der Waals surface area contributed by atoms with Gasteiger partial charge in [0.2, 0.25) is 0 Å². The summed E-state index contributed by atoms with van der Waals surface area (Å²) in [5.74, 6) is -1.84. The summed E-state index contributed by atoms with van der Waals surface area (Å²) >= 11 is 0. The van der Waals surface area contributed by atoms with E-state index in [2.05, 4.69) is 0 Å². The highest BCUT2D eigenvalue weighted by molar-refractivity contribution is 6.02. The first-order valence-electron chi connectivity index (χ1n) is 7.59. The topological polar surface area (TPSA) is 71.1 Å². The minimum Gasteiger partial charge on any atom is -0.468 e. The van der Waals surface area contributed by atoms with Crippen LogP contribution in [0.2, 0.25) is 0 Å². The van der Waals surface area contributed by atoms with E-state index in [4.69, 9.17) is 18.9 Å². The average molecular weight is 310 g/mol. The van der Waals surface area contributed by atoms with Crippen molar-refractivity contribution >= 4 is 11.9 Å². The third-order valence-corrected chi connectivity index (χ3v) is 5.10. The van der Waals surface area contributed by atoms with E-state index in [0.717, 1.165) is 11.1 Å². The van der Waals surface area contributed by atoms with Crippen molar-refractivity contribution in [2.75, 3.05) is 20.3 Å². The molecular weight excluding hydrogens is 288 g/mol. The van der Waals surface area contributed by atoms with Gasteiger partial charge in [0, 0.05) is 5.92 Å². The molecule has 6 heteroatoms. The highest BCUT2D eigenvalue weighted by Gasteiger charge is 2.61. The summed E-state index contributed by atoms with van der Waals surface area (Å²) < 4.78 is 21.7. The van der Waals surface area contributed by atoms with Gasteiger partial charge >= 0.3 is 11.9 Å². The normalized spacial score (nSPS) is 37.0. The van der Waals surface area contributed by atoms with Crippen molar-refractivity contribution in [3.05, 3.63) is 11.1 Å². The molecule has 0 spiro atoms. The van der Waals surface area contributed by atoms with Crippen LogP contribution in [-0.2, 0) is 28.5 Å². The maximum absolute atomic E-state index is 12.3. The van der Waals surface area contributed by atoms with Crippen molar-refractivity contribution in [1.82, 2.24) is 0 Å². The standard InChI is InChI=1S/C16H22O6/c1-9-10(12-8-21-15(2,3)22-12)5-6-16(13(17)19-4)11(9)7-20-14(16)18/h11-12H,5-8H2,1-4H3. The molecule has 3 aliphatic rings. The molecule has 2 heterocycles. The van der Waals surface area contributed by atoms with Crippen molar-refractivity contribution in [2.24, 2.45) is 11.3 Å². The molecule has 2 saturated heterocycles. The molecule has 0 aromatic carbocycles. The number of carbonyl (C=O) groups excluding carboxylic acids is 2. The first-order chi connectivity index (χ1) is 10.3. The fraction of sp³-hybridized carbons (Fsp3) is 0.750. The van der Waals surface area contributed by atoms with E-state index in [1.165, 1.54) is 7.11 Å². The van der Waals surface area contributed by atoms with Crippen LogP contribution in [0.15, 0.2) is 11.1 Å². The first-order valence-corrected chi connectivity index (χ1v) is 7.59. The van der Waals surface area contributed by atoms with Crippen LogP contribution in [0.4, 0.5) is 0 Å². The Bertz CT molecular complexity index is 549. The molecule has 0 amide bonds. The van der Waals surface area contributed by atoms with Crippen LogP contribution in [0.1, 0.15) is 33.6 Å². The molecule has 0 N–H and O–H groups in total. The Hall–Kier alpha value is -1.40. The van der Waals surface area contributed by atoms with E-state index >= 15 is 0 Å². The Morgan fingerprint density at radius 1 is 1.32 bits per heavy atom. The van der Waals surface area contributed by atoms with Gasteiger partial charge in [0.15, 0.2) is 11.2 Å². The molecule has 22 heavy (non-hydrogen) atoms. The smallest absolute Gasteiger partial charge is 0.324 e. The van der Waals surface area contributed by atoms with Crippen LogP contribution in [0.25, 0.3) is 0 Å². The number of carbonyl (C=O) groups is 2. The van der Waals surface area contributed by atoms with E-state index in [-0.39, 0.29) is 18.6 Å². The summed E-state index contributed by atoms with van der Waals surface area (Å²) in [6, 6.07) is 0. The van der Waals surface area contributed by atoms with Crippen LogP contribution in [0.3, 0.4) is 0 Å². The van der Waals surface area contributed by atoms with Crippen LogP contribution >= 0.6 is 0 Å². The Balaban J connectivity index is 1.94. The van der Waals surface area contributed by atoms with E-state index in [9.17, 15) is 9.59 Å². The molecule has 3 unspecified atom stereocenters. The highest BCUT2D eigenvalue weighted by atomic mass is 16.7. The monoisotopic (exact) mass is 310 g/mol. The lowest BCUT2D eigenvalue weighted by atomic mass is 9.65. The third kappa shape index (κ3) is 2.08. The van der Waals surface area contributed by atoms with Gasteiger partial charge < -0.3 is 18.9 Å². The second-order valence-electron chi connectivity index (χ2n) is 6.64. The largest absolute Gasteiger partial charge is 0.468 e. The number of esters is 2. The maximum atomic E-state index is 12.3. The fourth-order valence-corrected chi connectivity index (χ4v) is 3.88. The van der Waals surface area contributed by atoms with Crippen LogP contribution in [0, 0.1) is 11.3 Å². The second kappa shape index (κ2) is 5.06. The number of rotatable bonds is 2. The lowest BCUT2D eigenvalue weighted by Gasteiger charge is -2.36. The van der Waals surface area contributed by atoms with Crippen molar-refractivity contribution in [3.63, 3.8) is 0 Å². The zero-order valence-electron chi connectivity index (χ0n) is 13.4. The molecule has 122 valence electrons. The summed E-state index contributed by atoms with van der Waals surface area (Å²) in [6.07, 6.45) is 0.883. The minimum atomic E-state index is -1.18. The van der Waals surface area contributed by atoms with Crippen molar-refractivity contribution in [1.29, 1.82) is 0 Å². The van der Waals surface area contributed by atoms with Gasteiger partial charge in [0.25, 0.3) is 0 Å². The molecule has 6 nitrogen and oxygen atoms in total. The zero-order chi connectivity index (χ0) is 16.1. The Morgan fingerprint density at radius 2 is 2.05 bits per heavy atom. The average Bonchev–Trinajstić information content (AvgIpc) is 3.00. The van der Waals surface area contributed by atoms with Gasteiger partial charge in [-0.1, -0.05) is 5.57 Å². The van der Waals surface area contributed by atoms with Crippen molar-refractivity contribution in [2.45, 2.75) is 45.5 Å². The van der Waals surface area contributed by atoms with E-state index < -0.39 is 23.1 Å². The van der Waals surface area contributed by atoms with E-state index in [1.807, 2.05) is 20.8 Å². The summed E-state index contributed by atoms with van der Waals surface area (Å²) in [4.78, 5) is 24.5. The molecule has 3 atom stereocenters. The Labute approximate surface area is 129 Å². The second-order valence-corrected chi connectivity index (χ2v) is 6.64. The van der Waals surface area contributed by atoms with Gasteiger partial charge in [0.1, 0.15) is 6.10 Å². The van der Waals surface area contributed by atoms with E-state index in [0.29, 0.717) is 19.4 Å². The summed E-state index contributed by atoms with van der Waals surface area (Å²) in [5.41, 5.74) is 0.930. The molecule has 1 aliphatic carbocycles. The predicted octanol–water partition coefficient (Wildman–Crippen LogP) is 1.58. The number of cyclic esters (lactones) is 1. The number of methoxy groups -OCH3 is 1. The van der Waals surface area contributed by atoms with Gasteiger partial charge in [-0.15, -0.1) is 0 Å². The summed E-state index contributed by atoms with van der Waals surface area (Å²) in [6.45, 7) is 6.43. The lowest BCUT2D eigenvalue weighted by Crippen LogP contribution is -2.45. The zero-order valence-corrected chi connectivity index (χ0v) is 13.4. The van der Waals surface area contributed by atoms with Crippen molar-refractivity contribution in [3.8, 4) is 0 Å². The lowest BCUT2D eigenvalue weighted by molar-refractivity contribution is -0.165. The maximum Gasteiger partial charge on any atom is 0.324 e. The molecule has 0 saturated carbocycles. The van der Waals surface area contributed by atoms with Crippen LogP contribution < -0.4 is 0 Å². The van der Waals surface area contributed by atoms with Gasteiger partial charge in [-0.2, -0.15) is 0 Å². The van der Waals surface area contributed by atoms with Crippen LogP contribution in [-0.4, -0.2) is 44.2 Å². The molecule has 0 bridgehead atoms. The van der Waals surface area contributed by atoms with Crippen LogP contribution in [0.5, 0.6) is 0 Å². The molecule has 2 fully saturated rings. The minimum absolute atomic E-state index is 0.124. The molecule has 0 aromatic heterocycles. The van der Waals surface area contributed by atoms with Gasteiger partial charge in [-0.05, 0) is 39.2 Å². The van der Waals surface area contributed by atoms with E-state index in [1.54, 1.807) is 0 Å². The van der Waals surface area contributed by atoms with Gasteiger partial charge in [-0.25, -0.2) is 0 Å². The van der Waals surface area contributed by atoms with Crippen molar-refractivity contribution < 1.29 is 28.5 Å². The predicted molar refractivity (Wildman–Crippen MR) is 75.7 cm³/mol. The first kappa shape index (κ1) is 15.5. The third-order valence-electron chi connectivity index (χ3n) is 5.10. The number of ether oxygens (including phenoxy) is 4. The SMILES string of the molecule is COC(=O)C12CCC(C3COC(C)(C)O3)=C(C)C1COC2=O.